The summed E-state index contributed by atoms with van der Waals surface area (Å²) in [5.41, 5.74) is -1.21. The summed E-state index contributed by atoms with van der Waals surface area (Å²) in [6.45, 7) is -0.0383. The summed E-state index contributed by atoms with van der Waals surface area (Å²) in [7, 11) is -2.66. The zero-order valence-corrected chi connectivity index (χ0v) is 17.9. The van der Waals surface area contributed by atoms with Crippen molar-refractivity contribution in [2.24, 2.45) is 5.92 Å². The van der Waals surface area contributed by atoms with Crippen LogP contribution in [-0.2, 0) is 21.0 Å². The van der Waals surface area contributed by atoms with E-state index in [1.54, 1.807) is 24.3 Å². The second-order valence-electron chi connectivity index (χ2n) is 6.91. The topological polar surface area (TPSA) is 72.9 Å². The third-order valence-corrected chi connectivity index (χ3v) is 7.17. The highest BCUT2D eigenvalue weighted by Crippen LogP contribution is 2.37. The second-order valence-corrected chi connectivity index (χ2v) is 9.26. The first-order valence-electron chi connectivity index (χ1n) is 9.25. The lowest BCUT2D eigenvalue weighted by Gasteiger charge is -2.30. The van der Waals surface area contributed by atoms with E-state index in [0.29, 0.717) is 17.6 Å². The molecular formula is C20H19ClF3NO5S. The molecular weight excluding hydrogens is 459 g/mol. The summed E-state index contributed by atoms with van der Waals surface area (Å²) < 4.78 is 76.2. The summed E-state index contributed by atoms with van der Waals surface area (Å²) in [4.78, 5) is 11.9. The second kappa shape index (κ2) is 9.05. The highest BCUT2D eigenvalue weighted by Gasteiger charge is 2.37. The van der Waals surface area contributed by atoms with E-state index in [0.717, 1.165) is 16.4 Å². The van der Waals surface area contributed by atoms with E-state index in [2.05, 4.69) is 0 Å². The Labute approximate surface area is 182 Å². The average molecular weight is 478 g/mol. The zero-order chi connectivity index (χ0) is 22.8. The van der Waals surface area contributed by atoms with Gasteiger partial charge in [-0.2, -0.15) is 17.5 Å². The molecule has 1 heterocycles. The molecule has 2 aromatic carbocycles. The lowest BCUT2D eigenvalue weighted by Crippen LogP contribution is -2.41. The van der Waals surface area contributed by atoms with E-state index >= 15 is 0 Å². The van der Waals surface area contributed by atoms with Gasteiger partial charge in [0.05, 0.1) is 28.5 Å². The van der Waals surface area contributed by atoms with Crippen molar-refractivity contribution in [3.63, 3.8) is 0 Å². The molecule has 0 saturated carbocycles. The number of carbonyl (C=O) groups excluding carboxylic acids is 1. The summed E-state index contributed by atoms with van der Waals surface area (Å²) in [5, 5.41) is -0.577. The molecule has 0 aromatic heterocycles. The van der Waals surface area contributed by atoms with Gasteiger partial charge in [-0.05, 0) is 55.3 Å². The van der Waals surface area contributed by atoms with Crippen molar-refractivity contribution >= 4 is 27.6 Å². The van der Waals surface area contributed by atoms with Crippen molar-refractivity contribution in [2.75, 3.05) is 20.2 Å². The maximum Gasteiger partial charge on any atom is 0.417 e. The van der Waals surface area contributed by atoms with Gasteiger partial charge in [-0.25, -0.2) is 8.42 Å². The predicted octanol–water partition coefficient (Wildman–Crippen LogP) is 4.37. The molecule has 0 amide bonds. The number of nitrogens with zero attached hydrogens (tertiary/aromatic N) is 1. The van der Waals surface area contributed by atoms with Gasteiger partial charge in [-0.15, -0.1) is 0 Å². The molecule has 0 bridgehead atoms. The Morgan fingerprint density at radius 2 is 1.65 bits per heavy atom. The number of hydrogen-bond acceptors (Lipinski definition) is 5. The molecule has 1 aliphatic heterocycles. The van der Waals surface area contributed by atoms with Crippen LogP contribution in [-0.4, -0.2) is 38.9 Å². The number of esters is 1. The molecule has 1 fully saturated rings. The third-order valence-electron chi connectivity index (χ3n) is 4.95. The Kier molecular flexibility index (Phi) is 6.82. The maximum absolute atomic E-state index is 13.1. The third kappa shape index (κ3) is 5.31. The van der Waals surface area contributed by atoms with Crippen LogP contribution in [0.15, 0.2) is 47.4 Å². The van der Waals surface area contributed by atoms with Crippen molar-refractivity contribution in [3.05, 3.63) is 53.1 Å². The number of rotatable bonds is 5. The number of carbonyl (C=O) groups is 1. The van der Waals surface area contributed by atoms with Crippen LogP contribution in [0.1, 0.15) is 18.4 Å². The van der Waals surface area contributed by atoms with Gasteiger partial charge in [-0.1, -0.05) is 11.6 Å². The number of piperidine rings is 1. The van der Waals surface area contributed by atoms with Gasteiger partial charge in [-0.3, -0.25) is 4.79 Å². The van der Waals surface area contributed by atoms with Crippen LogP contribution in [0.2, 0.25) is 5.02 Å². The lowest BCUT2D eigenvalue weighted by atomic mass is 9.98. The van der Waals surface area contributed by atoms with Crippen molar-refractivity contribution in [2.45, 2.75) is 23.9 Å². The first kappa shape index (κ1) is 23.4. The van der Waals surface area contributed by atoms with Gasteiger partial charge in [0.2, 0.25) is 10.0 Å². The highest BCUT2D eigenvalue weighted by atomic mass is 35.5. The summed E-state index contributed by atoms with van der Waals surface area (Å²) in [6, 6.07) is 8.91. The Hall–Kier alpha value is -2.30. The Morgan fingerprint density at radius 1 is 1.06 bits per heavy atom. The zero-order valence-electron chi connectivity index (χ0n) is 16.4. The van der Waals surface area contributed by atoms with E-state index in [9.17, 15) is 26.4 Å². The molecule has 0 N–H and O–H groups in total. The number of benzene rings is 2. The van der Waals surface area contributed by atoms with Crippen LogP contribution in [0.4, 0.5) is 13.2 Å². The number of halogens is 4. The SMILES string of the molecule is COc1ccc(OC(=O)C2CCN(S(=O)(=O)c3ccc(Cl)c(C(F)(F)F)c3)CC2)cc1. The number of ether oxygens (including phenoxy) is 2. The summed E-state index contributed by atoms with van der Waals surface area (Å²) >= 11 is 5.57. The van der Waals surface area contributed by atoms with Crippen molar-refractivity contribution in [1.29, 1.82) is 0 Å². The number of methoxy groups -OCH3 is 1. The molecule has 6 nitrogen and oxygen atoms in total. The summed E-state index contributed by atoms with van der Waals surface area (Å²) in [6.07, 6.45) is -4.40. The minimum Gasteiger partial charge on any atom is -0.497 e. The first-order valence-corrected chi connectivity index (χ1v) is 11.1. The Balaban J connectivity index is 1.66. The number of sulfonamides is 1. The molecule has 0 unspecified atom stereocenters. The van der Waals surface area contributed by atoms with E-state index in [-0.39, 0.29) is 25.9 Å². The highest BCUT2D eigenvalue weighted by molar-refractivity contribution is 7.89. The van der Waals surface area contributed by atoms with E-state index < -0.39 is 43.6 Å². The van der Waals surface area contributed by atoms with Crippen LogP contribution in [0.25, 0.3) is 0 Å². The normalized spacial score (nSPS) is 16.2. The van der Waals surface area contributed by atoms with Crippen molar-refractivity contribution in [1.82, 2.24) is 4.31 Å². The van der Waals surface area contributed by atoms with Gasteiger partial charge < -0.3 is 9.47 Å². The minimum atomic E-state index is -4.78. The van der Waals surface area contributed by atoms with Crippen LogP contribution < -0.4 is 9.47 Å². The predicted molar refractivity (Wildman–Crippen MR) is 107 cm³/mol. The molecule has 3 rings (SSSR count). The molecule has 168 valence electrons. The summed E-state index contributed by atoms with van der Waals surface area (Å²) in [5.74, 6) is -0.0755. The molecule has 0 spiro atoms. The van der Waals surface area contributed by atoms with Gasteiger partial charge >= 0.3 is 12.1 Å². The lowest BCUT2D eigenvalue weighted by molar-refractivity contribution is -0.140. The quantitative estimate of drug-likeness (QED) is 0.472. The molecule has 0 radical (unpaired) electrons. The molecule has 1 aliphatic rings. The number of hydrogen-bond donors (Lipinski definition) is 0. The smallest absolute Gasteiger partial charge is 0.417 e. The Morgan fingerprint density at radius 3 is 2.19 bits per heavy atom. The molecule has 0 aliphatic carbocycles. The fourth-order valence-electron chi connectivity index (χ4n) is 3.21. The van der Waals surface area contributed by atoms with E-state index in [4.69, 9.17) is 21.1 Å². The molecule has 0 atom stereocenters. The number of alkyl halides is 3. The fourth-order valence-corrected chi connectivity index (χ4v) is 4.93. The van der Waals surface area contributed by atoms with Crippen molar-refractivity contribution in [3.8, 4) is 11.5 Å². The van der Waals surface area contributed by atoms with Crippen LogP contribution in [0.3, 0.4) is 0 Å². The van der Waals surface area contributed by atoms with Crippen LogP contribution in [0.5, 0.6) is 11.5 Å². The largest absolute Gasteiger partial charge is 0.497 e. The standard InChI is InChI=1S/C20H19ClF3NO5S/c1-29-14-2-4-15(5-3-14)30-19(26)13-8-10-25(11-9-13)31(27,28)16-6-7-18(21)17(12-16)20(22,23)24/h2-7,12-13H,8-11H2,1H3. The first-order chi connectivity index (χ1) is 14.5. The molecule has 1 saturated heterocycles. The minimum absolute atomic E-state index is 0.0192. The van der Waals surface area contributed by atoms with E-state index in [1.165, 1.54) is 7.11 Å². The van der Waals surface area contributed by atoms with Crippen LogP contribution in [0, 0.1) is 5.92 Å². The molecule has 31 heavy (non-hydrogen) atoms. The van der Waals surface area contributed by atoms with Gasteiger partial charge in [0.1, 0.15) is 11.5 Å². The average Bonchev–Trinajstić information content (AvgIpc) is 2.73. The fraction of sp³-hybridized carbons (Fsp3) is 0.350. The van der Waals surface area contributed by atoms with Crippen molar-refractivity contribution < 1.29 is 35.9 Å². The molecule has 2 aromatic rings. The van der Waals surface area contributed by atoms with Gasteiger partial charge in [0, 0.05) is 13.1 Å². The maximum atomic E-state index is 13.1. The van der Waals surface area contributed by atoms with Crippen LogP contribution >= 0.6 is 11.6 Å². The van der Waals surface area contributed by atoms with Gasteiger partial charge in [0.15, 0.2) is 0 Å². The Bertz CT molecular complexity index is 1050. The monoisotopic (exact) mass is 477 g/mol. The molecule has 11 heteroatoms. The van der Waals surface area contributed by atoms with E-state index in [1.807, 2.05) is 0 Å². The van der Waals surface area contributed by atoms with Gasteiger partial charge in [0.25, 0.3) is 0 Å².